The molecule has 0 aliphatic carbocycles. The smallest absolute Gasteiger partial charge is 0.337 e. The molecule has 1 aromatic rings. The van der Waals surface area contributed by atoms with E-state index in [1.54, 1.807) is 6.07 Å². The van der Waals surface area contributed by atoms with Crippen molar-refractivity contribution in [2.75, 3.05) is 38.7 Å². The molecule has 8 heteroatoms. The maximum absolute atomic E-state index is 14.4. The lowest BCUT2D eigenvalue weighted by molar-refractivity contribution is -0.136. The number of ether oxygens (including phenoxy) is 2. The van der Waals surface area contributed by atoms with Gasteiger partial charge in [-0.15, -0.1) is 0 Å². The summed E-state index contributed by atoms with van der Waals surface area (Å²) in [5.41, 5.74) is -0.0300. The summed E-state index contributed by atoms with van der Waals surface area (Å²) in [5, 5.41) is 11.8. The second kappa shape index (κ2) is 8.66. The van der Waals surface area contributed by atoms with Gasteiger partial charge in [0.1, 0.15) is 23.0 Å². The predicted molar refractivity (Wildman–Crippen MR) is 93.1 cm³/mol. The molecule has 2 N–H and O–H groups in total. The van der Waals surface area contributed by atoms with E-state index in [1.165, 1.54) is 24.1 Å². The first-order valence-corrected chi connectivity index (χ1v) is 8.29. The van der Waals surface area contributed by atoms with Crippen LogP contribution in [0.25, 0.3) is 0 Å². The zero-order valence-corrected chi connectivity index (χ0v) is 15.0. The van der Waals surface area contributed by atoms with Gasteiger partial charge in [-0.1, -0.05) is 19.9 Å². The van der Waals surface area contributed by atoms with Crippen molar-refractivity contribution in [1.29, 1.82) is 0 Å². The van der Waals surface area contributed by atoms with Gasteiger partial charge in [-0.3, -0.25) is 4.79 Å². The first kappa shape index (κ1) is 19.7. The van der Waals surface area contributed by atoms with E-state index in [0.717, 1.165) is 0 Å². The molecule has 0 radical (unpaired) electrons. The van der Waals surface area contributed by atoms with Gasteiger partial charge in [-0.25, -0.2) is 9.18 Å². The normalized spacial score (nSPS) is 14.2. The van der Waals surface area contributed by atoms with Gasteiger partial charge >= 0.3 is 5.97 Å². The van der Waals surface area contributed by atoms with E-state index in [9.17, 15) is 14.0 Å². The zero-order valence-electron chi connectivity index (χ0n) is 15.0. The van der Waals surface area contributed by atoms with Gasteiger partial charge in [-0.05, 0) is 18.1 Å². The van der Waals surface area contributed by atoms with Crippen LogP contribution < -0.4 is 10.1 Å². The van der Waals surface area contributed by atoms with Gasteiger partial charge in [-0.2, -0.15) is 0 Å². The van der Waals surface area contributed by atoms with E-state index in [4.69, 9.17) is 14.6 Å². The highest BCUT2D eigenvalue weighted by Crippen LogP contribution is 2.31. The Bertz CT molecular complexity index is 718. The van der Waals surface area contributed by atoms with Crippen LogP contribution in [-0.2, 0) is 14.3 Å². The number of carbonyl (C=O) groups is 2. The Morgan fingerprint density at radius 2 is 2.15 bits per heavy atom. The first-order valence-electron chi connectivity index (χ1n) is 8.29. The van der Waals surface area contributed by atoms with Crippen molar-refractivity contribution in [2.45, 2.75) is 13.8 Å². The van der Waals surface area contributed by atoms with Crippen LogP contribution in [0.4, 0.5) is 10.1 Å². The van der Waals surface area contributed by atoms with Crippen molar-refractivity contribution in [3.63, 3.8) is 0 Å². The maximum atomic E-state index is 14.4. The molecule has 0 aromatic heterocycles. The molecule has 26 heavy (non-hydrogen) atoms. The van der Waals surface area contributed by atoms with Crippen molar-refractivity contribution in [1.82, 2.24) is 4.90 Å². The number of methoxy groups -OCH3 is 1. The fourth-order valence-corrected chi connectivity index (χ4v) is 2.48. The molecule has 0 spiro atoms. The first-order chi connectivity index (χ1) is 12.4. The van der Waals surface area contributed by atoms with E-state index in [1.807, 2.05) is 13.8 Å². The SMILES string of the molecule is COC(=O)C1=C(Nc2c(F)cccc2OCC(C)C)C(=O)N(CCO)C1. The monoisotopic (exact) mass is 366 g/mol. The van der Waals surface area contributed by atoms with Crippen molar-refractivity contribution >= 4 is 17.6 Å². The number of β-amino-alcohol motifs (C(OH)–C–C–N with tert-alkyl or cyclic N) is 1. The molecule has 1 heterocycles. The lowest BCUT2D eigenvalue weighted by Gasteiger charge is -2.17. The van der Waals surface area contributed by atoms with Crippen LogP contribution in [0.15, 0.2) is 29.5 Å². The molecule has 0 atom stereocenters. The van der Waals surface area contributed by atoms with Crippen molar-refractivity contribution in [3.05, 3.63) is 35.3 Å². The van der Waals surface area contributed by atoms with Crippen LogP contribution >= 0.6 is 0 Å². The fraction of sp³-hybridized carbons (Fsp3) is 0.444. The number of carbonyl (C=O) groups excluding carboxylic acids is 2. The Morgan fingerprint density at radius 3 is 2.77 bits per heavy atom. The number of amides is 1. The lowest BCUT2D eigenvalue weighted by atomic mass is 10.2. The van der Waals surface area contributed by atoms with E-state index < -0.39 is 17.7 Å². The quantitative estimate of drug-likeness (QED) is 0.679. The molecule has 1 aliphatic heterocycles. The fourth-order valence-electron chi connectivity index (χ4n) is 2.48. The minimum Gasteiger partial charge on any atom is -0.491 e. The summed E-state index contributed by atoms with van der Waals surface area (Å²) in [4.78, 5) is 25.8. The van der Waals surface area contributed by atoms with Gasteiger partial charge < -0.3 is 24.8 Å². The molecule has 142 valence electrons. The third-order valence-electron chi connectivity index (χ3n) is 3.75. The molecule has 0 fully saturated rings. The average molecular weight is 366 g/mol. The number of para-hydroxylation sites is 1. The number of anilines is 1. The van der Waals surface area contributed by atoms with E-state index >= 15 is 0 Å². The second-order valence-corrected chi connectivity index (χ2v) is 6.24. The van der Waals surface area contributed by atoms with Gasteiger partial charge in [0.15, 0.2) is 0 Å². The summed E-state index contributed by atoms with van der Waals surface area (Å²) in [6, 6.07) is 4.31. The van der Waals surface area contributed by atoms with Crippen LogP contribution in [0.2, 0.25) is 0 Å². The van der Waals surface area contributed by atoms with E-state index in [0.29, 0.717) is 6.61 Å². The highest BCUT2D eigenvalue weighted by molar-refractivity contribution is 6.08. The third kappa shape index (κ3) is 4.32. The standard InChI is InChI=1S/C18H23FN2O5/c1-11(2)10-26-14-6-4-5-13(19)16(14)20-15-12(18(24)25-3)9-21(7-8-22)17(15)23/h4-6,11,20,22H,7-10H2,1-3H3. The Morgan fingerprint density at radius 1 is 1.42 bits per heavy atom. The minimum absolute atomic E-state index is 0.0228. The number of nitrogens with one attached hydrogen (secondary N) is 1. The van der Waals surface area contributed by atoms with E-state index in [2.05, 4.69) is 5.32 Å². The number of hydrogen-bond donors (Lipinski definition) is 2. The molecule has 1 aliphatic rings. The topological polar surface area (TPSA) is 88.1 Å². The molecule has 2 rings (SSSR count). The number of aliphatic hydroxyl groups excluding tert-OH is 1. The number of hydrogen-bond acceptors (Lipinski definition) is 6. The molecular weight excluding hydrogens is 343 g/mol. The molecular formula is C18H23FN2O5. The Labute approximate surface area is 151 Å². The highest BCUT2D eigenvalue weighted by Gasteiger charge is 2.35. The Kier molecular flexibility index (Phi) is 6.57. The summed E-state index contributed by atoms with van der Waals surface area (Å²) < 4.78 is 24.7. The van der Waals surface area contributed by atoms with E-state index in [-0.39, 0.29) is 48.3 Å². The largest absolute Gasteiger partial charge is 0.491 e. The van der Waals surface area contributed by atoms with Gasteiger partial charge in [0.2, 0.25) is 0 Å². The number of benzene rings is 1. The van der Waals surface area contributed by atoms with Crippen LogP contribution in [0, 0.1) is 11.7 Å². The van der Waals surface area contributed by atoms with Crippen molar-refractivity contribution in [2.24, 2.45) is 5.92 Å². The summed E-state index contributed by atoms with van der Waals surface area (Å²) >= 11 is 0. The number of halogens is 1. The maximum Gasteiger partial charge on any atom is 0.337 e. The van der Waals surface area contributed by atoms with Crippen LogP contribution in [0.1, 0.15) is 13.8 Å². The molecule has 7 nitrogen and oxygen atoms in total. The molecule has 1 amide bonds. The highest BCUT2D eigenvalue weighted by atomic mass is 19.1. The Balaban J connectivity index is 2.37. The number of esters is 1. The third-order valence-corrected chi connectivity index (χ3v) is 3.75. The van der Waals surface area contributed by atoms with Gasteiger partial charge in [0.05, 0.1) is 32.4 Å². The summed E-state index contributed by atoms with van der Waals surface area (Å²) in [6.45, 7) is 4.06. The number of rotatable bonds is 8. The predicted octanol–water partition coefficient (Wildman–Crippen LogP) is 1.53. The second-order valence-electron chi connectivity index (χ2n) is 6.24. The van der Waals surface area contributed by atoms with Crippen LogP contribution in [0.3, 0.4) is 0 Å². The molecule has 0 saturated carbocycles. The summed E-state index contributed by atoms with van der Waals surface area (Å²) in [6.07, 6.45) is 0. The lowest BCUT2D eigenvalue weighted by Crippen LogP contribution is -2.31. The molecule has 0 unspecified atom stereocenters. The Hall–Kier alpha value is -2.61. The van der Waals surface area contributed by atoms with Gasteiger partial charge in [0, 0.05) is 6.54 Å². The average Bonchev–Trinajstić information content (AvgIpc) is 2.91. The number of aliphatic hydroxyl groups is 1. The van der Waals surface area contributed by atoms with Gasteiger partial charge in [0.25, 0.3) is 5.91 Å². The molecule has 1 aromatic carbocycles. The van der Waals surface area contributed by atoms with Crippen LogP contribution in [0.5, 0.6) is 5.75 Å². The van der Waals surface area contributed by atoms with Crippen LogP contribution in [-0.4, -0.2) is 55.3 Å². The molecule has 0 bridgehead atoms. The van der Waals surface area contributed by atoms with Crippen molar-refractivity contribution in [3.8, 4) is 5.75 Å². The zero-order chi connectivity index (χ0) is 19.3. The number of nitrogens with zero attached hydrogens (tertiary/aromatic N) is 1. The summed E-state index contributed by atoms with van der Waals surface area (Å²) in [7, 11) is 1.20. The summed E-state index contributed by atoms with van der Waals surface area (Å²) in [5.74, 6) is -1.36. The molecule has 0 saturated heterocycles. The minimum atomic E-state index is -0.692. The van der Waals surface area contributed by atoms with Crippen molar-refractivity contribution < 1.29 is 28.6 Å².